The second-order valence-corrected chi connectivity index (χ2v) is 5.35. The van der Waals surface area contributed by atoms with Crippen LogP contribution in [-0.2, 0) is 6.42 Å². The van der Waals surface area contributed by atoms with Gasteiger partial charge in [-0.2, -0.15) is 0 Å². The fourth-order valence-electron chi connectivity index (χ4n) is 2.60. The van der Waals surface area contributed by atoms with Crippen molar-refractivity contribution in [3.05, 3.63) is 48.4 Å². The fraction of sp³-hybridized carbons (Fsp3) is 0.375. The van der Waals surface area contributed by atoms with Crippen LogP contribution in [0.1, 0.15) is 5.69 Å². The summed E-state index contributed by atoms with van der Waals surface area (Å²) in [4.78, 5) is 13.6. The van der Waals surface area contributed by atoms with Gasteiger partial charge in [-0.1, -0.05) is 6.07 Å². The Morgan fingerprint density at radius 3 is 2.52 bits per heavy atom. The molecule has 1 fully saturated rings. The van der Waals surface area contributed by atoms with E-state index in [1.807, 2.05) is 30.5 Å². The summed E-state index contributed by atoms with van der Waals surface area (Å²) in [5, 5.41) is 0. The van der Waals surface area contributed by atoms with E-state index in [1.165, 1.54) is 5.69 Å². The topological polar surface area (TPSA) is 58.3 Å². The second-order valence-electron chi connectivity index (χ2n) is 5.35. The van der Waals surface area contributed by atoms with Crippen molar-refractivity contribution in [2.75, 3.05) is 43.4 Å². The van der Waals surface area contributed by atoms with Gasteiger partial charge in [0.2, 0.25) is 0 Å². The second kappa shape index (κ2) is 6.54. The molecule has 5 heteroatoms. The number of hydrogen-bond acceptors (Lipinski definition) is 5. The Labute approximate surface area is 125 Å². The van der Waals surface area contributed by atoms with Gasteiger partial charge in [0.1, 0.15) is 5.82 Å². The number of nitrogens with zero attached hydrogens (tertiary/aromatic N) is 4. The Kier molecular flexibility index (Phi) is 4.31. The standard InChI is InChI=1S/C16H21N5/c17-14-4-5-16(19-13-14)21-11-9-20(10-12-21)8-6-15-3-1-2-7-18-15/h1-5,7,13H,6,8-12,17H2. The highest BCUT2D eigenvalue weighted by Gasteiger charge is 2.17. The van der Waals surface area contributed by atoms with Gasteiger partial charge in [-0.05, 0) is 24.3 Å². The minimum Gasteiger partial charge on any atom is -0.397 e. The largest absolute Gasteiger partial charge is 0.397 e. The molecular formula is C16H21N5. The number of nitrogens with two attached hydrogens (primary N) is 1. The smallest absolute Gasteiger partial charge is 0.128 e. The Balaban J connectivity index is 1.48. The molecule has 1 saturated heterocycles. The molecule has 0 aliphatic carbocycles. The predicted octanol–water partition coefficient (Wildman–Crippen LogP) is 1.42. The first-order valence-electron chi connectivity index (χ1n) is 7.40. The number of nitrogen functional groups attached to an aromatic ring is 1. The molecule has 0 spiro atoms. The van der Waals surface area contributed by atoms with Crippen molar-refractivity contribution in [1.82, 2.24) is 14.9 Å². The van der Waals surface area contributed by atoms with Crippen molar-refractivity contribution in [2.24, 2.45) is 0 Å². The Bertz CT molecular complexity index is 547. The molecule has 2 aromatic heterocycles. The van der Waals surface area contributed by atoms with Gasteiger partial charge in [0.25, 0.3) is 0 Å². The van der Waals surface area contributed by atoms with Gasteiger partial charge in [-0.25, -0.2) is 4.98 Å². The molecule has 0 bridgehead atoms. The molecule has 3 heterocycles. The van der Waals surface area contributed by atoms with E-state index in [1.54, 1.807) is 6.20 Å². The molecule has 2 aromatic rings. The lowest BCUT2D eigenvalue weighted by Gasteiger charge is -2.35. The van der Waals surface area contributed by atoms with E-state index >= 15 is 0 Å². The predicted molar refractivity (Wildman–Crippen MR) is 85.2 cm³/mol. The van der Waals surface area contributed by atoms with Gasteiger partial charge in [0.05, 0.1) is 11.9 Å². The number of rotatable bonds is 4. The zero-order chi connectivity index (χ0) is 14.5. The van der Waals surface area contributed by atoms with Crippen LogP contribution in [-0.4, -0.2) is 47.6 Å². The maximum Gasteiger partial charge on any atom is 0.128 e. The van der Waals surface area contributed by atoms with Gasteiger partial charge < -0.3 is 10.6 Å². The molecular weight excluding hydrogens is 262 g/mol. The third kappa shape index (κ3) is 3.70. The first-order valence-corrected chi connectivity index (χ1v) is 7.40. The number of anilines is 2. The molecule has 1 aliphatic heterocycles. The SMILES string of the molecule is Nc1ccc(N2CCN(CCc3ccccn3)CC2)nc1. The summed E-state index contributed by atoms with van der Waals surface area (Å²) >= 11 is 0. The summed E-state index contributed by atoms with van der Waals surface area (Å²) < 4.78 is 0. The quantitative estimate of drug-likeness (QED) is 0.919. The monoisotopic (exact) mass is 283 g/mol. The Morgan fingerprint density at radius 2 is 1.86 bits per heavy atom. The molecule has 1 aliphatic rings. The van der Waals surface area contributed by atoms with Crippen molar-refractivity contribution in [2.45, 2.75) is 6.42 Å². The average Bonchev–Trinajstić information content (AvgIpc) is 2.55. The first kappa shape index (κ1) is 13.8. The summed E-state index contributed by atoms with van der Waals surface area (Å²) in [5.74, 6) is 1.02. The van der Waals surface area contributed by atoms with Gasteiger partial charge in [0.15, 0.2) is 0 Å². The van der Waals surface area contributed by atoms with E-state index in [-0.39, 0.29) is 0 Å². The van der Waals surface area contributed by atoms with Crippen LogP contribution < -0.4 is 10.6 Å². The molecule has 0 amide bonds. The summed E-state index contributed by atoms with van der Waals surface area (Å²) in [6.07, 6.45) is 4.60. The van der Waals surface area contributed by atoms with Crippen LogP contribution in [0.15, 0.2) is 42.7 Å². The number of pyridine rings is 2. The minimum absolute atomic E-state index is 0.716. The first-order chi connectivity index (χ1) is 10.3. The van der Waals surface area contributed by atoms with Crippen molar-refractivity contribution in [1.29, 1.82) is 0 Å². The molecule has 110 valence electrons. The third-order valence-corrected chi connectivity index (χ3v) is 3.88. The molecule has 5 nitrogen and oxygen atoms in total. The Hall–Kier alpha value is -2.14. The van der Waals surface area contributed by atoms with Crippen molar-refractivity contribution >= 4 is 11.5 Å². The maximum atomic E-state index is 5.68. The summed E-state index contributed by atoms with van der Waals surface area (Å²) in [7, 11) is 0. The van der Waals surface area contributed by atoms with Crippen molar-refractivity contribution in [3.8, 4) is 0 Å². The molecule has 21 heavy (non-hydrogen) atoms. The number of hydrogen-bond donors (Lipinski definition) is 1. The minimum atomic E-state index is 0.716. The van der Waals surface area contributed by atoms with E-state index < -0.39 is 0 Å². The highest BCUT2D eigenvalue weighted by atomic mass is 15.3. The molecule has 0 atom stereocenters. The van der Waals surface area contributed by atoms with Crippen LogP contribution in [0.3, 0.4) is 0 Å². The van der Waals surface area contributed by atoms with Crippen LogP contribution in [0.2, 0.25) is 0 Å². The zero-order valence-electron chi connectivity index (χ0n) is 12.2. The van der Waals surface area contributed by atoms with E-state index in [0.717, 1.165) is 45.0 Å². The Morgan fingerprint density at radius 1 is 1.00 bits per heavy atom. The molecule has 3 rings (SSSR count). The lowest BCUT2D eigenvalue weighted by molar-refractivity contribution is 0.259. The maximum absolute atomic E-state index is 5.68. The molecule has 0 aromatic carbocycles. The van der Waals surface area contributed by atoms with Gasteiger partial charge in [-0.15, -0.1) is 0 Å². The summed E-state index contributed by atoms with van der Waals surface area (Å²) in [5.41, 5.74) is 7.56. The average molecular weight is 283 g/mol. The molecule has 0 radical (unpaired) electrons. The molecule has 2 N–H and O–H groups in total. The lowest BCUT2D eigenvalue weighted by atomic mass is 10.2. The normalized spacial score (nSPS) is 16.1. The van der Waals surface area contributed by atoms with Crippen LogP contribution in [0.5, 0.6) is 0 Å². The van der Waals surface area contributed by atoms with Gasteiger partial charge in [-0.3, -0.25) is 9.88 Å². The van der Waals surface area contributed by atoms with Crippen molar-refractivity contribution < 1.29 is 0 Å². The van der Waals surface area contributed by atoms with E-state index in [0.29, 0.717) is 5.69 Å². The number of piperazine rings is 1. The van der Waals surface area contributed by atoms with Gasteiger partial charge >= 0.3 is 0 Å². The summed E-state index contributed by atoms with van der Waals surface area (Å²) in [6, 6.07) is 10.0. The van der Waals surface area contributed by atoms with E-state index in [9.17, 15) is 0 Å². The van der Waals surface area contributed by atoms with Gasteiger partial charge in [0, 0.05) is 51.0 Å². The molecule has 0 unspecified atom stereocenters. The number of aromatic nitrogens is 2. The molecule has 0 saturated carbocycles. The van der Waals surface area contributed by atoms with Crippen LogP contribution in [0.4, 0.5) is 11.5 Å². The van der Waals surface area contributed by atoms with Crippen LogP contribution in [0.25, 0.3) is 0 Å². The highest BCUT2D eigenvalue weighted by Crippen LogP contribution is 2.14. The zero-order valence-corrected chi connectivity index (χ0v) is 12.2. The van der Waals surface area contributed by atoms with E-state index in [2.05, 4.69) is 25.8 Å². The van der Waals surface area contributed by atoms with Crippen LogP contribution in [0, 0.1) is 0 Å². The fourth-order valence-corrected chi connectivity index (χ4v) is 2.60. The summed E-state index contributed by atoms with van der Waals surface area (Å²) in [6.45, 7) is 5.23. The van der Waals surface area contributed by atoms with Crippen molar-refractivity contribution in [3.63, 3.8) is 0 Å². The third-order valence-electron chi connectivity index (χ3n) is 3.88. The van der Waals surface area contributed by atoms with E-state index in [4.69, 9.17) is 5.73 Å². The lowest BCUT2D eigenvalue weighted by Crippen LogP contribution is -2.47. The van der Waals surface area contributed by atoms with Crippen LogP contribution >= 0.6 is 0 Å². The highest BCUT2D eigenvalue weighted by molar-refractivity contribution is 5.46.